The van der Waals surface area contributed by atoms with E-state index in [1.807, 2.05) is 33.8 Å². The second-order valence-electron chi connectivity index (χ2n) is 4.82. The molecule has 0 aromatic heterocycles. The number of hydrogen-bond acceptors (Lipinski definition) is 4. The first-order chi connectivity index (χ1) is 9.32. The SMILES string of the molecule is CCOCC(C)=C(O)C#CC(C)=CCOC(C)(C)OC. The van der Waals surface area contributed by atoms with Crippen LogP contribution in [0.3, 0.4) is 0 Å². The molecular formula is C16H26O4. The Balaban J connectivity index is 4.46. The van der Waals surface area contributed by atoms with Crippen LogP contribution < -0.4 is 0 Å². The van der Waals surface area contributed by atoms with Crippen LogP contribution in [0.25, 0.3) is 0 Å². The van der Waals surface area contributed by atoms with Crippen molar-refractivity contribution in [2.75, 3.05) is 26.9 Å². The van der Waals surface area contributed by atoms with Crippen LogP contribution >= 0.6 is 0 Å². The fourth-order valence-electron chi connectivity index (χ4n) is 1.07. The molecule has 1 N–H and O–H groups in total. The van der Waals surface area contributed by atoms with Crippen molar-refractivity contribution in [2.45, 2.75) is 40.4 Å². The Morgan fingerprint density at radius 3 is 2.45 bits per heavy atom. The molecule has 0 atom stereocenters. The fraction of sp³-hybridized carbons (Fsp3) is 0.625. The molecule has 0 heterocycles. The summed E-state index contributed by atoms with van der Waals surface area (Å²) in [4.78, 5) is 0. The Labute approximate surface area is 122 Å². The summed E-state index contributed by atoms with van der Waals surface area (Å²) in [6.07, 6.45) is 1.85. The van der Waals surface area contributed by atoms with Gasteiger partial charge in [-0.15, -0.1) is 0 Å². The monoisotopic (exact) mass is 282 g/mol. The largest absolute Gasteiger partial charge is 0.501 e. The number of methoxy groups -OCH3 is 1. The molecule has 0 rings (SSSR count). The lowest BCUT2D eigenvalue weighted by molar-refractivity contribution is -0.189. The zero-order chi connectivity index (χ0) is 15.6. The number of hydrogen-bond donors (Lipinski definition) is 1. The Kier molecular flexibility index (Phi) is 8.98. The van der Waals surface area contributed by atoms with Gasteiger partial charge < -0.3 is 19.3 Å². The van der Waals surface area contributed by atoms with Gasteiger partial charge in [0.2, 0.25) is 0 Å². The third kappa shape index (κ3) is 8.76. The summed E-state index contributed by atoms with van der Waals surface area (Å²) in [5, 5.41) is 9.73. The van der Waals surface area contributed by atoms with Crippen LogP contribution in [0, 0.1) is 11.8 Å². The van der Waals surface area contributed by atoms with Gasteiger partial charge in [0.05, 0.1) is 13.2 Å². The summed E-state index contributed by atoms with van der Waals surface area (Å²) < 4.78 is 15.8. The average Bonchev–Trinajstić information content (AvgIpc) is 2.41. The fourth-order valence-corrected chi connectivity index (χ4v) is 1.07. The summed E-state index contributed by atoms with van der Waals surface area (Å²) in [5.41, 5.74) is 1.55. The molecule has 0 spiro atoms. The molecule has 20 heavy (non-hydrogen) atoms. The maximum atomic E-state index is 9.73. The van der Waals surface area contributed by atoms with Crippen LogP contribution in [0.5, 0.6) is 0 Å². The number of aliphatic hydroxyl groups is 1. The van der Waals surface area contributed by atoms with Gasteiger partial charge in [-0.2, -0.15) is 0 Å². The van der Waals surface area contributed by atoms with E-state index in [9.17, 15) is 5.11 Å². The van der Waals surface area contributed by atoms with Crippen molar-refractivity contribution in [1.82, 2.24) is 0 Å². The lowest BCUT2D eigenvalue weighted by Gasteiger charge is -2.22. The molecule has 0 amide bonds. The van der Waals surface area contributed by atoms with E-state index >= 15 is 0 Å². The molecule has 0 saturated heterocycles. The molecule has 0 aromatic rings. The minimum atomic E-state index is -0.611. The highest BCUT2D eigenvalue weighted by molar-refractivity contribution is 5.35. The van der Waals surface area contributed by atoms with Crippen LogP contribution in [0.15, 0.2) is 23.0 Å². The molecule has 0 radical (unpaired) electrons. The number of aliphatic hydroxyl groups excluding tert-OH is 1. The number of rotatable bonds is 7. The van der Waals surface area contributed by atoms with Crippen molar-refractivity contribution in [3.63, 3.8) is 0 Å². The Bertz CT molecular complexity index is 408. The van der Waals surface area contributed by atoms with Crippen molar-refractivity contribution < 1.29 is 19.3 Å². The van der Waals surface area contributed by atoms with Crippen LogP contribution in [-0.4, -0.2) is 37.8 Å². The summed E-state index contributed by atoms with van der Waals surface area (Å²) in [7, 11) is 1.60. The molecule has 0 saturated carbocycles. The van der Waals surface area contributed by atoms with Gasteiger partial charge in [-0.3, -0.25) is 0 Å². The van der Waals surface area contributed by atoms with Crippen LogP contribution in [0.2, 0.25) is 0 Å². The van der Waals surface area contributed by atoms with Gasteiger partial charge in [0.15, 0.2) is 11.5 Å². The maximum Gasteiger partial charge on any atom is 0.168 e. The summed E-state index contributed by atoms with van der Waals surface area (Å²) in [6.45, 7) is 10.7. The highest BCUT2D eigenvalue weighted by atomic mass is 16.7. The normalized spacial score (nSPS) is 13.6. The predicted molar refractivity (Wildman–Crippen MR) is 80.4 cm³/mol. The van der Waals surface area contributed by atoms with Gasteiger partial charge in [0.1, 0.15) is 0 Å². The second-order valence-corrected chi connectivity index (χ2v) is 4.82. The molecule has 0 aromatic carbocycles. The van der Waals surface area contributed by atoms with Crippen LogP contribution in [-0.2, 0) is 14.2 Å². The minimum absolute atomic E-state index is 0.0596. The van der Waals surface area contributed by atoms with E-state index in [0.29, 0.717) is 19.8 Å². The molecule has 0 bridgehead atoms. The highest BCUT2D eigenvalue weighted by Gasteiger charge is 2.14. The molecule has 0 aliphatic heterocycles. The predicted octanol–water partition coefficient (Wildman–Crippen LogP) is 3.20. The van der Waals surface area contributed by atoms with Gasteiger partial charge in [-0.1, -0.05) is 5.92 Å². The lowest BCUT2D eigenvalue weighted by Crippen LogP contribution is -2.26. The highest BCUT2D eigenvalue weighted by Crippen LogP contribution is 2.09. The number of ether oxygens (including phenoxy) is 3. The van der Waals surface area contributed by atoms with Crippen molar-refractivity contribution in [3.8, 4) is 11.8 Å². The molecule has 4 heteroatoms. The van der Waals surface area contributed by atoms with E-state index in [2.05, 4.69) is 11.8 Å². The smallest absolute Gasteiger partial charge is 0.168 e. The molecule has 0 aliphatic carbocycles. The third-order valence-corrected chi connectivity index (χ3v) is 2.62. The first-order valence-corrected chi connectivity index (χ1v) is 6.66. The maximum absolute atomic E-state index is 9.73. The number of allylic oxidation sites excluding steroid dienone is 2. The van der Waals surface area contributed by atoms with E-state index in [1.165, 1.54) is 0 Å². The van der Waals surface area contributed by atoms with Gasteiger partial charge in [-0.05, 0) is 52.2 Å². The van der Waals surface area contributed by atoms with Crippen LogP contribution in [0.1, 0.15) is 34.6 Å². The van der Waals surface area contributed by atoms with E-state index in [0.717, 1.165) is 11.1 Å². The van der Waals surface area contributed by atoms with Crippen molar-refractivity contribution >= 4 is 0 Å². The first kappa shape index (κ1) is 18.7. The summed E-state index contributed by atoms with van der Waals surface area (Å²) in [5.74, 6) is 5.02. The molecular weight excluding hydrogens is 256 g/mol. The van der Waals surface area contributed by atoms with E-state index in [4.69, 9.17) is 14.2 Å². The second kappa shape index (κ2) is 9.60. The Morgan fingerprint density at radius 2 is 1.90 bits per heavy atom. The third-order valence-electron chi connectivity index (χ3n) is 2.62. The average molecular weight is 282 g/mol. The summed E-state index contributed by atoms with van der Waals surface area (Å²) in [6, 6.07) is 0. The first-order valence-electron chi connectivity index (χ1n) is 6.66. The van der Waals surface area contributed by atoms with Gasteiger partial charge >= 0.3 is 0 Å². The lowest BCUT2D eigenvalue weighted by atomic mass is 10.2. The topological polar surface area (TPSA) is 47.9 Å². The van der Waals surface area contributed by atoms with Crippen molar-refractivity contribution in [1.29, 1.82) is 0 Å². The molecule has 114 valence electrons. The Hall–Kier alpha value is -1.28. The van der Waals surface area contributed by atoms with Crippen molar-refractivity contribution in [2.24, 2.45) is 0 Å². The van der Waals surface area contributed by atoms with Gasteiger partial charge in [0.25, 0.3) is 0 Å². The van der Waals surface area contributed by atoms with Gasteiger partial charge in [-0.25, -0.2) is 0 Å². The van der Waals surface area contributed by atoms with E-state index < -0.39 is 5.79 Å². The molecule has 0 unspecified atom stereocenters. The van der Waals surface area contributed by atoms with Crippen LogP contribution in [0.4, 0.5) is 0 Å². The molecule has 4 nitrogen and oxygen atoms in total. The van der Waals surface area contributed by atoms with Gasteiger partial charge in [0, 0.05) is 19.3 Å². The van der Waals surface area contributed by atoms with E-state index in [1.54, 1.807) is 14.0 Å². The zero-order valence-corrected chi connectivity index (χ0v) is 13.4. The standard InChI is InChI=1S/C16H26O4/c1-7-19-12-14(3)15(17)9-8-13(2)10-11-20-16(4,5)18-6/h10,17H,7,11-12H2,1-6H3. The molecule has 0 aliphatic rings. The zero-order valence-electron chi connectivity index (χ0n) is 13.4. The summed E-state index contributed by atoms with van der Waals surface area (Å²) >= 11 is 0. The molecule has 0 fully saturated rings. The van der Waals surface area contributed by atoms with Crippen molar-refractivity contribution in [3.05, 3.63) is 23.0 Å². The van der Waals surface area contributed by atoms with E-state index in [-0.39, 0.29) is 5.76 Å². The minimum Gasteiger partial charge on any atom is -0.501 e. The Morgan fingerprint density at radius 1 is 1.25 bits per heavy atom. The quantitative estimate of drug-likeness (QED) is 0.442.